The van der Waals surface area contributed by atoms with Gasteiger partial charge in [-0.25, -0.2) is 5.01 Å². The van der Waals surface area contributed by atoms with Crippen LogP contribution in [0, 0.1) is 0 Å². The molecule has 1 amide bonds. The van der Waals surface area contributed by atoms with Crippen LogP contribution in [-0.4, -0.2) is 33.1 Å². The Bertz CT molecular complexity index is 461. The molecule has 0 saturated carbocycles. The van der Waals surface area contributed by atoms with E-state index >= 15 is 0 Å². The van der Waals surface area contributed by atoms with E-state index in [0.29, 0.717) is 25.9 Å². The number of hydrogen-bond donors (Lipinski definition) is 2. The first-order valence-electron chi connectivity index (χ1n) is 6.60. The molecule has 5 heteroatoms. The first-order valence-corrected chi connectivity index (χ1v) is 7.76. The van der Waals surface area contributed by atoms with Crippen LogP contribution in [-0.2, 0) is 17.9 Å². The molecule has 4 nitrogen and oxygen atoms in total. The van der Waals surface area contributed by atoms with Crippen molar-refractivity contribution in [3.05, 3.63) is 35.4 Å². The van der Waals surface area contributed by atoms with Gasteiger partial charge in [0, 0.05) is 13.1 Å². The van der Waals surface area contributed by atoms with Gasteiger partial charge in [-0.1, -0.05) is 24.3 Å². The Morgan fingerprint density at radius 2 is 1.79 bits per heavy atom. The average Bonchev–Trinajstić information content (AvgIpc) is 2.81. The fourth-order valence-corrected chi connectivity index (χ4v) is 3.76. The second-order valence-electron chi connectivity index (χ2n) is 5.21. The Morgan fingerprint density at radius 1 is 1.21 bits per heavy atom. The van der Waals surface area contributed by atoms with Gasteiger partial charge in [-0.3, -0.25) is 10.2 Å². The van der Waals surface area contributed by atoms with Gasteiger partial charge in [-0.2, -0.15) is 11.8 Å². The molecule has 2 heterocycles. The molecule has 0 aromatic heterocycles. The number of hydrazine groups is 1. The lowest BCUT2D eigenvalue weighted by molar-refractivity contribution is -0.146. The van der Waals surface area contributed by atoms with Gasteiger partial charge >= 0.3 is 0 Å². The zero-order valence-corrected chi connectivity index (χ0v) is 11.6. The number of nitrogens with one attached hydrogen (secondary N) is 1. The van der Waals surface area contributed by atoms with E-state index in [0.717, 1.165) is 11.5 Å². The fourth-order valence-electron chi connectivity index (χ4n) is 2.60. The van der Waals surface area contributed by atoms with E-state index in [2.05, 4.69) is 17.6 Å². The van der Waals surface area contributed by atoms with Gasteiger partial charge in [0.05, 0.1) is 0 Å². The van der Waals surface area contributed by atoms with E-state index in [1.165, 1.54) is 11.1 Å². The molecule has 0 radical (unpaired) electrons. The summed E-state index contributed by atoms with van der Waals surface area (Å²) >= 11 is 1.79. The van der Waals surface area contributed by atoms with Crippen LogP contribution in [0.2, 0.25) is 0 Å². The Morgan fingerprint density at radius 3 is 2.37 bits per heavy atom. The molecule has 2 N–H and O–H groups in total. The molecular formula is C14H18N2O2S. The third-order valence-corrected chi connectivity index (χ3v) is 4.83. The van der Waals surface area contributed by atoms with Crippen molar-refractivity contribution in [3.63, 3.8) is 0 Å². The van der Waals surface area contributed by atoms with Gasteiger partial charge in [0.25, 0.3) is 5.91 Å². The van der Waals surface area contributed by atoms with Crippen LogP contribution in [0.3, 0.4) is 0 Å². The smallest absolute Gasteiger partial charge is 0.266 e. The Hall–Kier alpha value is -1.04. The molecule has 2 aliphatic heterocycles. The standard InChI is InChI=1S/C14H18N2O2S/c17-13(14(18)5-7-19-8-6-14)15-16-9-11-3-1-2-4-12(11)10-16/h1-4,18H,5-10H2,(H,15,17). The van der Waals surface area contributed by atoms with Crippen molar-refractivity contribution >= 4 is 17.7 Å². The fraction of sp³-hybridized carbons (Fsp3) is 0.500. The molecule has 1 fully saturated rings. The molecule has 19 heavy (non-hydrogen) atoms. The minimum absolute atomic E-state index is 0.249. The maximum absolute atomic E-state index is 12.2. The first kappa shape index (κ1) is 13.0. The monoisotopic (exact) mass is 278 g/mol. The van der Waals surface area contributed by atoms with Gasteiger partial charge in [-0.05, 0) is 35.5 Å². The van der Waals surface area contributed by atoms with Crippen molar-refractivity contribution in [2.24, 2.45) is 0 Å². The normalized spacial score (nSPS) is 21.9. The molecule has 0 spiro atoms. The minimum atomic E-state index is -1.18. The van der Waals surface area contributed by atoms with Crippen LogP contribution in [0.15, 0.2) is 24.3 Å². The molecule has 102 valence electrons. The largest absolute Gasteiger partial charge is 0.380 e. The highest BCUT2D eigenvalue weighted by Crippen LogP contribution is 2.28. The van der Waals surface area contributed by atoms with Crippen molar-refractivity contribution in [2.75, 3.05) is 11.5 Å². The van der Waals surface area contributed by atoms with Gasteiger partial charge in [-0.15, -0.1) is 0 Å². The SMILES string of the molecule is O=C(NN1Cc2ccccc2C1)C1(O)CCSCC1. The summed E-state index contributed by atoms with van der Waals surface area (Å²) in [6, 6.07) is 8.17. The van der Waals surface area contributed by atoms with E-state index in [1.807, 2.05) is 17.1 Å². The van der Waals surface area contributed by atoms with Crippen molar-refractivity contribution in [3.8, 4) is 0 Å². The summed E-state index contributed by atoms with van der Waals surface area (Å²) in [6.07, 6.45) is 1.09. The van der Waals surface area contributed by atoms with E-state index in [-0.39, 0.29) is 5.91 Å². The third kappa shape index (κ3) is 2.63. The zero-order valence-electron chi connectivity index (χ0n) is 10.8. The molecule has 0 atom stereocenters. The number of amides is 1. The van der Waals surface area contributed by atoms with Crippen LogP contribution in [0.25, 0.3) is 0 Å². The van der Waals surface area contributed by atoms with Crippen molar-refractivity contribution in [2.45, 2.75) is 31.5 Å². The number of hydrogen-bond acceptors (Lipinski definition) is 4. The molecule has 2 aliphatic rings. The lowest BCUT2D eigenvalue weighted by Gasteiger charge is -2.32. The second kappa shape index (κ2) is 5.15. The summed E-state index contributed by atoms with van der Waals surface area (Å²) in [5, 5.41) is 12.2. The number of aliphatic hydroxyl groups is 1. The molecule has 1 aromatic rings. The second-order valence-corrected chi connectivity index (χ2v) is 6.43. The van der Waals surface area contributed by atoms with Crippen LogP contribution >= 0.6 is 11.8 Å². The third-order valence-electron chi connectivity index (χ3n) is 3.84. The van der Waals surface area contributed by atoms with Crippen molar-refractivity contribution in [1.29, 1.82) is 0 Å². The van der Waals surface area contributed by atoms with E-state index in [4.69, 9.17) is 0 Å². The molecule has 0 aliphatic carbocycles. The van der Waals surface area contributed by atoms with Crippen LogP contribution < -0.4 is 5.43 Å². The van der Waals surface area contributed by atoms with Crippen LogP contribution in [0.5, 0.6) is 0 Å². The molecule has 3 rings (SSSR count). The number of carbonyl (C=O) groups excluding carboxylic acids is 1. The van der Waals surface area contributed by atoms with Crippen LogP contribution in [0.4, 0.5) is 0 Å². The topological polar surface area (TPSA) is 52.6 Å². The predicted octanol–water partition coefficient (Wildman–Crippen LogP) is 1.29. The van der Waals surface area contributed by atoms with Gasteiger partial charge in [0.2, 0.25) is 0 Å². The molecular weight excluding hydrogens is 260 g/mol. The maximum Gasteiger partial charge on any atom is 0.266 e. The first-order chi connectivity index (χ1) is 9.17. The highest BCUT2D eigenvalue weighted by Gasteiger charge is 2.38. The number of thioether (sulfide) groups is 1. The number of fused-ring (bicyclic) bond motifs is 1. The average molecular weight is 278 g/mol. The van der Waals surface area contributed by atoms with Gasteiger partial charge in [0.1, 0.15) is 5.60 Å². The summed E-state index contributed by atoms with van der Waals surface area (Å²) < 4.78 is 0. The molecule has 0 unspecified atom stereocenters. The highest BCUT2D eigenvalue weighted by atomic mass is 32.2. The predicted molar refractivity (Wildman–Crippen MR) is 75.3 cm³/mol. The Balaban J connectivity index is 1.63. The summed E-state index contributed by atoms with van der Waals surface area (Å²) in [5.74, 6) is 1.45. The summed E-state index contributed by atoms with van der Waals surface area (Å²) in [7, 11) is 0. The van der Waals surface area contributed by atoms with E-state index in [1.54, 1.807) is 11.8 Å². The van der Waals surface area contributed by atoms with Crippen molar-refractivity contribution in [1.82, 2.24) is 10.4 Å². The van der Waals surface area contributed by atoms with Crippen molar-refractivity contribution < 1.29 is 9.90 Å². The quantitative estimate of drug-likeness (QED) is 0.856. The maximum atomic E-state index is 12.2. The minimum Gasteiger partial charge on any atom is -0.380 e. The Labute approximate surface area is 117 Å². The number of nitrogens with zero attached hydrogens (tertiary/aromatic N) is 1. The summed E-state index contributed by atoms with van der Waals surface area (Å²) in [5.41, 5.74) is 4.18. The molecule has 0 bridgehead atoms. The van der Waals surface area contributed by atoms with Crippen LogP contribution in [0.1, 0.15) is 24.0 Å². The molecule has 1 aromatic carbocycles. The van der Waals surface area contributed by atoms with Gasteiger partial charge in [0.15, 0.2) is 0 Å². The lowest BCUT2D eigenvalue weighted by Crippen LogP contribution is -2.53. The zero-order chi connectivity index (χ0) is 13.3. The summed E-state index contributed by atoms with van der Waals surface area (Å²) in [4.78, 5) is 12.2. The summed E-state index contributed by atoms with van der Waals surface area (Å²) in [6.45, 7) is 1.43. The number of rotatable bonds is 2. The van der Waals surface area contributed by atoms with E-state index in [9.17, 15) is 9.90 Å². The Kier molecular flexibility index (Phi) is 3.52. The lowest BCUT2D eigenvalue weighted by atomic mass is 9.96. The van der Waals surface area contributed by atoms with Gasteiger partial charge < -0.3 is 5.11 Å². The number of benzene rings is 1. The number of carbonyl (C=O) groups is 1. The van der Waals surface area contributed by atoms with E-state index < -0.39 is 5.60 Å². The molecule has 1 saturated heterocycles. The highest BCUT2D eigenvalue weighted by molar-refractivity contribution is 7.99.